The molecule has 8 bridgehead atoms. The summed E-state index contributed by atoms with van der Waals surface area (Å²) in [6.07, 6.45) is 21.4. The number of benzene rings is 1. The second kappa shape index (κ2) is 13.9. The van der Waals surface area contributed by atoms with Gasteiger partial charge in [-0.15, -0.1) is 12.8 Å². The number of fused-ring (bicyclic) bond motifs is 9. The van der Waals surface area contributed by atoms with E-state index in [0.717, 1.165) is 22.2 Å². The fourth-order valence-corrected chi connectivity index (χ4v) is 6.52. The van der Waals surface area contributed by atoms with Gasteiger partial charge in [-0.3, -0.25) is 0 Å². The first-order valence-corrected chi connectivity index (χ1v) is 16.0. The minimum absolute atomic E-state index is 0. The van der Waals surface area contributed by atoms with Crippen molar-refractivity contribution in [2.45, 2.75) is 13.1 Å². The molecule has 0 atom stereocenters. The predicted octanol–water partition coefficient (Wildman–Crippen LogP) is 8.23. The largest absolute Gasteiger partial charge is 3.00 e. The van der Waals surface area contributed by atoms with E-state index < -0.39 is 34.6 Å². The molecule has 6 aromatic heterocycles. The van der Waals surface area contributed by atoms with E-state index in [1.165, 1.54) is 12.1 Å². The van der Waals surface area contributed by atoms with Gasteiger partial charge in [-0.2, -0.15) is 9.13 Å². The Morgan fingerprint density at radius 2 is 0.830 bits per heavy atom. The van der Waals surface area contributed by atoms with E-state index in [9.17, 15) is 13.2 Å². The van der Waals surface area contributed by atoms with Crippen LogP contribution in [0.15, 0.2) is 85.5 Å². The molecule has 12 heteroatoms. The maximum Gasteiger partial charge on any atom is 3.00 e. The van der Waals surface area contributed by atoms with Crippen LogP contribution in [-0.2, 0) is 30.2 Å². The Morgan fingerprint density at radius 3 is 1.30 bits per heavy atom. The molecule has 0 unspecified atom stereocenters. The van der Waals surface area contributed by atoms with Crippen LogP contribution in [0.1, 0.15) is 11.4 Å². The number of H-pyrrole nitrogens is 3. The van der Waals surface area contributed by atoms with Gasteiger partial charge in [-0.25, -0.2) is 26.9 Å². The number of aromatic amines is 3. The molecule has 7 aromatic rings. The topological polar surface area (TPSA) is 68.0 Å². The van der Waals surface area contributed by atoms with Crippen molar-refractivity contribution in [1.82, 2.24) is 19.9 Å². The summed E-state index contributed by atoms with van der Waals surface area (Å²) < 4.78 is 79.0. The van der Waals surface area contributed by atoms with Crippen molar-refractivity contribution >= 4 is 45.3 Å². The number of terminal acetylenes is 2. The van der Waals surface area contributed by atoms with Gasteiger partial charge < -0.3 is 15.0 Å². The van der Waals surface area contributed by atoms with Crippen LogP contribution in [0.5, 0.6) is 0 Å². The average Bonchev–Trinajstić information content (AvgIpc) is 3.99. The standard InChI is InChI=1S/C41H23F5N6.Fe/c1-3-17-51-19-13-23(14-20-51)33-27-7-5-25(47-27)26-6-8-28(48-26)34(24-15-21-52(18-4-2)22-16-24)30-10-12-32(50-30)35(31-11-9-29(33)49-31)36-37(42)39(44)41(46)40(45)38(36)43;/h1-2,5-16,19-22H,17-18H2,(H,49,50);/q;+3/p+2. The number of nitrogens with zero attached hydrogens (tertiary/aromatic N) is 3. The Bertz CT molecular complexity index is 2790. The minimum Gasteiger partial charge on any atom is -0.354 e. The second-order valence-corrected chi connectivity index (χ2v) is 12.1. The molecule has 0 spiro atoms. The summed E-state index contributed by atoms with van der Waals surface area (Å²) in [5.41, 5.74) is 5.10. The van der Waals surface area contributed by atoms with E-state index in [2.05, 4.69) is 26.8 Å². The van der Waals surface area contributed by atoms with E-state index >= 15 is 8.78 Å². The van der Waals surface area contributed by atoms with E-state index in [1.807, 2.05) is 82.5 Å². The molecule has 1 aromatic carbocycles. The Labute approximate surface area is 309 Å². The van der Waals surface area contributed by atoms with Gasteiger partial charge in [0.05, 0.1) is 28.0 Å². The summed E-state index contributed by atoms with van der Waals surface area (Å²) in [5.74, 6) is -5.17. The summed E-state index contributed by atoms with van der Waals surface area (Å²) in [5, 5.41) is 0. The fourth-order valence-electron chi connectivity index (χ4n) is 6.52. The quantitative estimate of drug-likeness (QED) is 0.0407. The van der Waals surface area contributed by atoms with Crippen molar-refractivity contribution in [2.24, 2.45) is 0 Å². The second-order valence-electron chi connectivity index (χ2n) is 12.1. The molecule has 7 heterocycles. The van der Waals surface area contributed by atoms with Crippen LogP contribution >= 0.6 is 0 Å². The average molecular weight is 753 g/mol. The van der Waals surface area contributed by atoms with Crippen LogP contribution < -0.4 is 9.13 Å². The molecule has 53 heavy (non-hydrogen) atoms. The molecule has 0 aliphatic carbocycles. The van der Waals surface area contributed by atoms with Crippen molar-refractivity contribution in [3.8, 4) is 58.1 Å². The first kappa shape index (κ1) is 35.0. The van der Waals surface area contributed by atoms with Crippen LogP contribution in [-0.4, -0.2) is 19.9 Å². The molecule has 1 radical (unpaired) electrons. The Hall–Kier alpha value is -6.46. The van der Waals surface area contributed by atoms with Crippen LogP contribution in [0.25, 0.3) is 78.6 Å². The molecule has 0 fully saturated rings. The number of hydrogen-bond acceptors (Lipinski definition) is 1. The van der Waals surface area contributed by atoms with Gasteiger partial charge in [-0.1, -0.05) is 0 Å². The van der Waals surface area contributed by atoms with E-state index in [-0.39, 0.29) is 33.8 Å². The molecule has 3 N–H and O–H groups in total. The molecule has 1 aliphatic rings. The third-order valence-electron chi connectivity index (χ3n) is 8.94. The van der Waals surface area contributed by atoms with Crippen molar-refractivity contribution in [1.29, 1.82) is 0 Å². The Balaban J connectivity index is 0.00000435. The zero-order chi connectivity index (χ0) is 36.1. The summed E-state index contributed by atoms with van der Waals surface area (Å²) in [6, 6.07) is 18.2. The summed E-state index contributed by atoms with van der Waals surface area (Å²) >= 11 is 0. The molecule has 6 nitrogen and oxygen atoms in total. The molecule has 1 aliphatic heterocycles. The Kier molecular flexibility index (Phi) is 9.19. The van der Waals surface area contributed by atoms with E-state index in [1.54, 1.807) is 12.1 Å². The molecule has 257 valence electrons. The molecule has 0 amide bonds. The fraction of sp³-hybridized carbons (Fsp3) is 0.0488. The van der Waals surface area contributed by atoms with Gasteiger partial charge in [0.2, 0.25) is 18.9 Å². The number of pyridine rings is 2. The third kappa shape index (κ3) is 6.04. The van der Waals surface area contributed by atoms with Gasteiger partial charge in [0.1, 0.15) is 0 Å². The normalized spacial score (nSPS) is 11.4. The summed E-state index contributed by atoms with van der Waals surface area (Å²) in [7, 11) is 0. The maximum atomic E-state index is 15.7. The molecule has 8 rings (SSSR count). The molecule has 0 saturated carbocycles. The monoisotopic (exact) mass is 752 g/mol. The van der Waals surface area contributed by atoms with Crippen LogP contribution in [0.4, 0.5) is 22.0 Å². The number of hydrogen-bond donors (Lipinski definition) is 3. The first-order valence-electron chi connectivity index (χ1n) is 16.0. The summed E-state index contributed by atoms with van der Waals surface area (Å²) in [6.45, 7) is 0.702. The SMILES string of the molecule is C#CC[n+]1ccc(-c2c3nc(c(-c4c(F)c(F)c(F)c(F)c4F)c4ccc([nH]4)c(-c4cc[n+](CC#C)cc4)c4ccc([nH]4)c4ccc2[nH]4)C=C3)cc1.[Fe+3]. The van der Waals surface area contributed by atoms with Crippen molar-refractivity contribution in [2.75, 3.05) is 0 Å². The number of rotatable bonds is 5. The van der Waals surface area contributed by atoms with Crippen molar-refractivity contribution < 1.29 is 48.2 Å². The van der Waals surface area contributed by atoms with Gasteiger partial charge in [0.25, 0.3) is 0 Å². The van der Waals surface area contributed by atoms with Crippen LogP contribution in [0.2, 0.25) is 0 Å². The molecular formula is C41H25F5FeN6+5. The third-order valence-corrected chi connectivity index (χ3v) is 8.94. The smallest absolute Gasteiger partial charge is 0.354 e. The zero-order valence-corrected chi connectivity index (χ0v) is 28.5. The van der Waals surface area contributed by atoms with Crippen LogP contribution in [0.3, 0.4) is 0 Å². The van der Waals surface area contributed by atoms with Gasteiger partial charge in [0.15, 0.2) is 48.1 Å². The van der Waals surface area contributed by atoms with Gasteiger partial charge >= 0.3 is 17.1 Å². The van der Waals surface area contributed by atoms with Crippen molar-refractivity contribution in [3.63, 3.8) is 0 Å². The number of nitrogens with one attached hydrogen (secondary N) is 3. The molecular weight excluding hydrogens is 727 g/mol. The zero-order valence-electron chi connectivity index (χ0n) is 27.4. The van der Waals surface area contributed by atoms with E-state index in [4.69, 9.17) is 17.8 Å². The number of halogens is 5. The minimum atomic E-state index is -2.26. The van der Waals surface area contributed by atoms with Gasteiger partial charge in [0, 0.05) is 63.0 Å². The summed E-state index contributed by atoms with van der Waals surface area (Å²) in [4.78, 5) is 14.9. The predicted molar refractivity (Wildman–Crippen MR) is 189 cm³/mol. The van der Waals surface area contributed by atoms with Crippen LogP contribution in [0, 0.1) is 53.8 Å². The van der Waals surface area contributed by atoms with Gasteiger partial charge in [-0.05, 0) is 71.5 Å². The first-order chi connectivity index (χ1) is 25.2. The Morgan fingerprint density at radius 1 is 0.472 bits per heavy atom. The van der Waals surface area contributed by atoms with E-state index in [0.29, 0.717) is 46.5 Å². The van der Waals surface area contributed by atoms with Crippen molar-refractivity contribution in [3.05, 3.63) is 126 Å². The maximum absolute atomic E-state index is 15.7. The molecule has 0 saturated heterocycles. The number of aromatic nitrogens is 6.